The molecule has 0 spiro atoms. The van der Waals surface area contributed by atoms with E-state index < -0.39 is 11.9 Å². The van der Waals surface area contributed by atoms with Crippen LogP contribution in [0.5, 0.6) is 0 Å². The Labute approximate surface area is 158 Å². The summed E-state index contributed by atoms with van der Waals surface area (Å²) in [6, 6.07) is 23.4. The molecule has 3 rings (SSSR count). The Morgan fingerprint density at radius 2 is 1.56 bits per heavy atom. The van der Waals surface area contributed by atoms with E-state index in [1.807, 2.05) is 54.6 Å². The summed E-state index contributed by atoms with van der Waals surface area (Å²) in [5, 5.41) is 8.89. The molecule has 0 aliphatic heterocycles. The number of carbonyl (C=O) groups is 2. The van der Waals surface area contributed by atoms with Crippen molar-refractivity contribution in [2.75, 3.05) is 0 Å². The molecule has 4 heteroatoms. The van der Waals surface area contributed by atoms with Crippen LogP contribution in [0.2, 0.25) is 0 Å². The lowest BCUT2D eigenvalue weighted by atomic mass is 9.93. The Bertz CT molecular complexity index is 964. The third-order valence-corrected chi connectivity index (χ3v) is 4.47. The van der Waals surface area contributed by atoms with Crippen molar-refractivity contribution < 1.29 is 14.7 Å². The van der Waals surface area contributed by atoms with Crippen molar-refractivity contribution in [3.05, 3.63) is 95.1 Å². The number of aryl methyl sites for hydroxylation is 1. The van der Waals surface area contributed by atoms with Gasteiger partial charge in [0.1, 0.15) is 0 Å². The number of carboxylic acid groups (broad SMARTS) is 1. The molecule has 3 aromatic carbocycles. The standard InChI is InChI=1S/C23H21NO3/c24-23(27)20-11-9-18(13-16-5-2-1-3-6-16)15-21(20)19-8-4-7-17(14-19)10-12-22(25)26/h1-9,11,14-15H,10,12-13H2,(H2,24,27)(H,25,26). The predicted octanol–water partition coefficient (Wildman–Crippen LogP) is 4.06. The van der Waals surface area contributed by atoms with Gasteiger partial charge in [-0.3, -0.25) is 9.59 Å². The number of primary amides is 1. The van der Waals surface area contributed by atoms with Crippen LogP contribution in [0.25, 0.3) is 11.1 Å². The number of hydrogen-bond acceptors (Lipinski definition) is 2. The topological polar surface area (TPSA) is 80.4 Å². The number of rotatable bonds is 7. The molecule has 0 saturated heterocycles. The van der Waals surface area contributed by atoms with Gasteiger partial charge in [0, 0.05) is 12.0 Å². The molecular weight excluding hydrogens is 338 g/mol. The quantitative estimate of drug-likeness (QED) is 0.667. The van der Waals surface area contributed by atoms with Crippen LogP contribution in [0.3, 0.4) is 0 Å². The highest BCUT2D eigenvalue weighted by molar-refractivity contribution is 6.00. The summed E-state index contributed by atoms with van der Waals surface area (Å²) in [5.41, 5.74) is 10.9. The van der Waals surface area contributed by atoms with Gasteiger partial charge in [0.15, 0.2) is 0 Å². The molecular formula is C23H21NO3. The maximum Gasteiger partial charge on any atom is 0.303 e. The van der Waals surface area contributed by atoms with Gasteiger partial charge in [0.05, 0.1) is 0 Å². The number of benzene rings is 3. The summed E-state index contributed by atoms with van der Waals surface area (Å²) in [5.74, 6) is -1.31. The van der Waals surface area contributed by atoms with Crippen molar-refractivity contribution in [1.82, 2.24) is 0 Å². The molecule has 0 aromatic heterocycles. The molecule has 0 aliphatic rings. The van der Waals surface area contributed by atoms with Gasteiger partial charge in [-0.15, -0.1) is 0 Å². The fourth-order valence-corrected chi connectivity index (χ4v) is 3.13. The number of aliphatic carboxylic acids is 1. The highest BCUT2D eigenvalue weighted by atomic mass is 16.4. The lowest BCUT2D eigenvalue weighted by Gasteiger charge is -2.12. The molecule has 27 heavy (non-hydrogen) atoms. The van der Waals surface area contributed by atoms with Crippen LogP contribution in [0.15, 0.2) is 72.8 Å². The smallest absolute Gasteiger partial charge is 0.303 e. The second-order valence-electron chi connectivity index (χ2n) is 6.50. The number of nitrogens with two attached hydrogens (primary N) is 1. The number of amides is 1. The van der Waals surface area contributed by atoms with E-state index in [0.29, 0.717) is 12.0 Å². The van der Waals surface area contributed by atoms with Crippen molar-refractivity contribution in [2.45, 2.75) is 19.3 Å². The maximum absolute atomic E-state index is 11.9. The summed E-state index contributed by atoms with van der Waals surface area (Å²) in [6.45, 7) is 0. The molecule has 0 radical (unpaired) electrons. The van der Waals surface area contributed by atoms with Crippen LogP contribution >= 0.6 is 0 Å². The maximum atomic E-state index is 11.9. The molecule has 1 amide bonds. The molecule has 4 nitrogen and oxygen atoms in total. The van der Waals surface area contributed by atoms with Crippen molar-refractivity contribution in [3.63, 3.8) is 0 Å². The summed E-state index contributed by atoms with van der Waals surface area (Å²) in [7, 11) is 0. The monoisotopic (exact) mass is 359 g/mol. The van der Waals surface area contributed by atoms with E-state index >= 15 is 0 Å². The van der Waals surface area contributed by atoms with E-state index in [2.05, 4.69) is 12.1 Å². The minimum Gasteiger partial charge on any atom is -0.481 e. The zero-order chi connectivity index (χ0) is 19.2. The van der Waals surface area contributed by atoms with Gasteiger partial charge in [-0.05, 0) is 46.7 Å². The van der Waals surface area contributed by atoms with E-state index in [-0.39, 0.29) is 6.42 Å². The Morgan fingerprint density at radius 1 is 0.815 bits per heavy atom. The van der Waals surface area contributed by atoms with E-state index in [1.165, 1.54) is 5.56 Å². The van der Waals surface area contributed by atoms with Crippen LogP contribution < -0.4 is 5.73 Å². The van der Waals surface area contributed by atoms with Crippen LogP contribution in [0.4, 0.5) is 0 Å². The van der Waals surface area contributed by atoms with E-state index in [0.717, 1.165) is 28.7 Å². The van der Waals surface area contributed by atoms with Gasteiger partial charge in [-0.2, -0.15) is 0 Å². The minimum atomic E-state index is -0.830. The fourth-order valence-electron chi connectivity index (χ4n) is 3.13. The number of carboxylic acids is 1. The third-order valence-electron chi connectivity index (χ3n) is 4.47. The lowest BCUT2D eigenvalue weighted by Crippen LogP contribution is -2.12. The third kappa shape index (κ3) is 4.82. The molecule has 0 atom stereocenters. The first kappa shape index (κ1) is 18.4. The zero-order valence-corrected chi connectivity index (χ0v) is 14.9. The van der Waals surface area contributed by atoms with Gasteiger partial charge >= 0.3 is 5.97 Å². The Hall–Kier alpha value is -3.40. The molecule has 3 aromatic rings. The lowest BCUT2D eigenvalue weighted by molar-refractivity contribution is -0.136. The largest absolute Gasteiger partial charge is 0.481 e. The van der Waals surface area contributed by atoms with E-state index in [4.69, 9.17) is 10.8 Å². The molecule has 3 N–H and O–H groups in total. The Kier molecular flexibility index (Phi) is 5.67. The molecule has 0 unspecified atom stereocenters. The second kappa shape index (κ2) is 8.32. The second-order valence-corrected chi connectivity index (χ2v) is 6.50. The van der Waals surface area contributed by atoms with Crippen molar-refractivity contribution in [2.24, 2.45) is 5.73 Å². The Balaban J connectivity index is 1.97. The van der Waals surface area contributed by atoms with Gasteiger partial charge < -0.3 is 10.8 Å². The minimum absolute atomic E-state index is 0.0696. The average Bonchev–Trinajstić information content (AvgIpc) is 2.67. The molecule has 0 bridgehead atoms. The number of hydrogen-bond donors (Lipinski definition) is 2. The SMILES string of the molecule is NC(=O)c1ccc(Cc2ccccc2)cc1-c1cccc(CCC(=O)O)c1. The van der Waals surface area contributed by atoms with Crippen molar-refractivity contribution >= 4 is 11.9 Å². The summed E-state index contributed by atoms with van der Waals surface area (Å²) in [6.07, 6.45) is 1.27. The average molecular weight is 359 g/mol. The van der Waals surface area contributed by atoms with Gasteiger partial charge in [-0.1, -0.05) is 66.7 Å². The summed E-state index contributed by atoms with van der Waals surface area (Å²) < 4.78 is 0. The van der Waals surface area contributed by atoms with E-state index in [1.54, 1.807) is 6.07 Å². The van der Waals surface area contributed by atoms with E-state index in [9.17, 15) is 9.59 Å². The highest BCUT2D eigenvalue weighted by Gasteiger charge is 2.12. The first-order chi connectivity index (χ1) is 13.0. The van der Waals surface area contributed by atoms with Crippen LogP contribution in [-0.2, 0) is 17.6 Å². The summed E-state index contributed by atoms with van der Waals surface area (Å²) >= 11 is 0. The molecule has 0 fully saturated rings. The Morgan fingerprint density at radius 3 is 2.26 bits per heavy atom. The molecule has 0 heterocycles. The van der Waals surface area contributed by atoms with Crippen LogP contribution in [0, 0.1) is 0 Å². The van der Waals surface area contributed by atoms with Crippen molar-refractivity contribution in [1.29, 1.82) is 0 Å². The van der Waals surface area contributed by atoms with Crippen molar-refractivity contribution in [3.8, 4) is 11.1 Å². The van der Waals surface area contributed by atoms with Crippen LogP contribution in [0.1, 0.15) is 33.5 Å². The van der Waals surface area contributed by atoms with Gasteiger partial charge in [0.25, 0.3) is 0 Å². The van der Waals surface area contributed by atoms with Gasteiger partial charge in [0.2, 0.25) is 5.91 Å². The van der Waals surface area contributed by atoms with Crippen LogP contribution in [-0.4, -0.2) is 17.0 Å². The van der Waals surface area contributed by atoms with Gasteiger partial charge in [-0.25, -0.2) is 0 Å². The predicted molar refractivity (Wildman–Crippen MR) is 106 cm³/mol. The highest BCUT2D eigenvalue weighted by Crippen LogP contribution is 2.27. The zero-order valence-electron chi connectivity index (χ0n) is 14.9. The first-order valence-corrected chi connectivity index (χ1v) is 8.80. The fraction of sp³-hybridized carbons (Fsp3) is 0.130. The number of carbonyl (C=O) groups excluding carboxylic acids is 1. The molecule has 0 saturated carbocycles. The molecule has 0 aliphatic carbocycles. The summed E-state index contributed by atoms with van der Waals surface area (Å²) in [4.78, 5) is 22.7. The first-order valence-electron chi connectivity index (χ1n) is 8.80. The molecule has 136 valence electrons. The normalized spacial score (nSPS) is 10.5.